The maximum Gasteiger partial charge on any atom is 0.433 e. The van der Waals surface area contributed by atoms with Crippen LogP contribution in [0.2, 0.25) is 0 Å². The molecule has 19 heavy (non-hydrogen) atoms. The third-order valence-electron chi connectivity index (χ3n) is 3.09. The van der Waals surface area contributed by atoms with Crippen molar-refractivity contribution in [3.8, 4) is 0 Å². The first kappa shape index (κ1) is 13.9. The molecule has 0 aliphatic carbocycles. The number of likely N-dealkylation sites (tertiary alicyclic amines) is 1. The van der Waals surface area contributed by atoms with E-state index in [9.17, 15) is 13.2 Å². The molecule has 1 aromatic rings. The third-order valence-corrected chi connectivity index (χ3v) is 3.09. The van der Waals surface area contributed by atoms with Gasteiger partial charge in [0.1, 0.15) is 5.82 Å². The number of rotatable bonds is 3. The van der Waals surface area contributed by atoms with Gasteiger partial charge in [0.05, 0.1) is 0 Å². The number of nitrogens with two attached hydrogens (primary N) is 1. The van der Waals surface area contributed by atoms with E-state index in [1.165, 1.54) is 0 Å². The number of halogens is 3. The number of hydrogen-bond donors (Lipinski definition) is 2. The molecule has 2 heterocycles. The molecule has 1 fully saturated rings. The summed E-state index contributed by atoms with van der Waals surface area (Å²) in [5.74, 6) is 0.158. The molecule has 0 saturated carbocycles. The maximum absolute atomic E-state index is 12.6. The molecule has 1 atom stereocenters. The normalized spacial score (nSPS) is 20.7. The molecule has 0 spiro atoms. The second-order valence-corrected chi connectivity index (χ2v) is 4.79. The quantitative estimate of drug-likeness (QED) is 0.873. The zero-order chi connectivity index (χ0) is 14.0. The van der Waals surface area contributed by atoms with E-state index in [1.54, 1.807) is 0 Å². The van der Waals surface area contributed by atoms with Crippen molar-refractivity contribution in [3.63, 3.8) is 0 Å². The summed E-state index contributed by atoms with van der Waals surface area (Å²) in [6.45, 7) is 2.52. The van der Waals surface area contributed by atoms with Crippen molar-refractivity contribution in [1.82, 2.24) is 14.9 Å². The van der Waals surface area contributed by atoms with Crippen LogP contribution in [0.3, 0.4) is 0 Å². The largest absolute Gasteiger partial charge is 0.433 e. The van der Waals surface area contributed by atoms with E-state index in [1.807, 2.05) is 7.05 Å². The van der Waals surface area contributed by atoms with Crippen molar-refractivity contribution in [2.24, 2.45) is 5.92 Å². The van der Waals surface area contributed by atoms with Gasteiger partial charge in [0.2, 0.25) is 5.95 Å². The predicted octanol–water partition coefficient (Wildman–Crippen LogP) is 1.44. The maximum atomic E-state index is 12.6. The topological polar surface area (TPSA) is 67.1 Å². The van der Waals surface area contributed by atoms with E-state index >= 15 is 0 Å². The molecule has 1 aliphatic rings. The van der Waals surface area contributed by atoms with Crippen LogP contribution in [0.15, 0.2) is 6.07 Å². The fourth-order valence-electron chi connectivity index (χ4n) is 2.14. The molecule has 2 rings (SSSR count). The number of alkyl halides is 3. The van der Waals surface area contributed by atoms with Crippen LogP contribution in [0.4, 0.5) is 24.9 Å². The summed E-state index contributed by atoms with van der Waals surface area (Å²) in [6.07, 6.45) is -3.49. The lowest BCUT2D eigenvalue weighted by Gasteiger charge is -2.13. The second kappa shape index (κ2) is 5.20. The Bertz CT molecular complexity index is 448. The molecule has 0 aromatic carbocycles. The summed E-state index contributed by atoms with van der Waals surface area (Å²) >= 11 is 0. The Balaban J connectivity index is 2.02. The predicted molar refractivity (Wildman–Crippen MR) is 65.5 cm³/mol. The minimum atomic E-state index is -4.51. The number of nitrogen functional groups attached to an aromatic ring is 1. The average molecular weight is 275 g/mol. The molecule has 1 unspecified atom stereocenters. The molecular weight excluding hydrogens is 259 g/mol. The Labute approximate surface area is 109 Å². The van der Waals surface area contributed by atoms with Gasteiger partial charge < -0.3 is 16.0 Å². The van der Waals surface area contributed by atoms with Crippen molar-refractivity contribution < 1.29 is 13.2 Å². The highest BCUT2D eigenvalue weighted by Crippen LogP contribution is 2.29. The van der Waals surface area contributed by atoms with E-state index in [2.05, 4.69) is 20.2 Å². The van der Waals surface area contributed by atoms with Crippen LogP contribution >= 0.6 is 0 Å². The fraction of sp³-hybridized carbons (Fsp3) is 0.636. The Morgan fingerprint density at radius 3 is 2.79 bits per heavy atom. The molecule has 1 aromatic heterocycles. The van der Waals surface area contributed by atoms with Gasteiger partial charge in [-0.3, -0.25) is 0 Å². The lowest BCUT2D eigenvalue weighted by molar-refractivity contribution is -0.141. The van der Waals surface area contributed by atoms with Crippen molar-refractivity contribution >= 4 is 11.8 Å². The van der Waals surface area contributed by atoms with E-state index in [0.717, 1.165) is 25.6 Å². The summed E-state index contributed by atoms with van der Waals surface area (Å²) in [5.41, 5.74) is 4.27. The molecule has 8 heteroatoms. The van der Waals surface area contributed by atoms with Crippen molar-refractivity contribution in [1.29, 1.82) is 0 Å². The molecule has 1 aliphatic heterocycles. The van der Waals surface area contributed by atoms with Gasteiger partial charge in [-0.1, -0.05) is 0 Å². The van der Waals surface area contributed by atoms with Gasteiger partial charge in [0.15, 0.2) is 5.69 Å². The van der Waals surface area contributed by atoms with Gasteiger partial charge >= 0.3 is 6.18 Å². The second-order valence-electron chi connectivity index (χ2n) is 4.79. The number of nitrogens with zero attached hydrogens (tertiary/aromatic N) is 3. The Morgan fingerprint density at radius 2 is 2.21 bits per heavy atom. The third kappa shape index (κ3) is 3.69. The van der Waals surface area contributed by atoms with Crippen LogP contribution in [0.5, 0.6) is 0 Å². The van der Waals surface area contributed by atoms with E-state index < -0.39 is 11.9 Å². The van der Waals surface area contributed by atoms with E-state index in [4.69, 9.17) is 5.73 Å². The summed E-state index contributed by atoms with van der Waals surface area (Å²) < 4.78 is 37.7. The van der Waals surface area contributed by atoms with Crippen molar-refractivity contribution in [2.45, 2.75) is 12.6 Å². The number of hydrogen-bond acceptors (Lipinski definition) is 5. The van der Waals surface area contributed by atoms with Crippen LogP contribution in [-0.4, -0.2) is 41.5 Å². The first-order valence-corrected chi connectivity index (χ1v) is 5.99. The highest BCUT2D eigenvalue weighted by Gasteiger charge is 2.33. The summed E-state index contributed by atoms with van der Waals surface area (Å²) in [4.78, 5) is 9.14. The van der Waals surface area contributed by atoms with Gasteiger partial charge in [-0.05, 0) is 25.9 Å². The number of aromatic nitrogens is 2. The molecule has 106 valence electrons. The van der Waals surface area contributed by atoms with Crippen LogP contribution in [0, 0.1) is 5.92 Å². The Morgan fingerprint density at radius 1 is 1.47 bits per heavy atom. The van der Waals surface area contributed by atoms with Gasteiger partial charge in [-0.15, -0.1) is 0 Å². The van der Waals surface area contributed by atoms with Gasteiger partial charge in [0.25, 0.3) is 0 Å². The zero-order valence-corrected chi connectivity index (χ0v) is 10.5. The molecule has 5 nitrogen and oxygen atoms in total. The zero-order valence-electron chi connectivity index (χ0n) is 10.5. The van der Waals surface area contributed by atoms with Crippen molar-refractivity contribution in [3.05, 3.63) is 11.8 Å². The first-order valence-electron chi connectivity index (χ1n) is 5.99. The lowest BCUT2D eigenvalue weighted by Crippen LogP contribution is -2.20. The molecule has 3 N–H and O–H groups in total. The van der Waals surface area contributed by atoms with Gasteiger partial charge in [0, 0.05) is 19.2 Å². The molecular formula is C11H16F3N5. The Kier molecular flexibility index (Phi) is 3.79. The highest BCUT2D eigenvalue weighted by atomic mass is 19.4. The molecule has 0 radical (unpaired) electrons. The number of anilines is 2. The van der Waals surface area contributed by atoms with Gasteiger partial charge in [-0.25, -0.2) is 4.98 Å². The van der Waals surface area contributed by atoms with E-state index in [0.29, 0.717) is 12.5 Å². The van der Waals surface area contributed by atoms with Crippen LogP contribution in [-0.2, 0) is 6.18 Å². The van der Waals surface area contributed by atoms with Crippen LogP contribution in [0.1, 0.15) is 12.1 Å². The van der Waals surface area contributed by atoms with Gasteiger partial charge in [-0.2, -0.15) is 18.2 Å². The summed E-state index contributed by atoms with van der Waals surface area (Å²) in [6, 6.07) is 0.884. The first-order chi connectivity index (χ1) is 8.84. The molecule has 0 amide bonds. The van der Waals surface area contributed by atoms with Crippen molar-refractivity contribution in [2.75, 3.05) is 37.7 Å². The molecule has 0 bridgehead atoms. The highest BCUT2D eigenvalue weighted by molar-refractivity contribution is 5.41. The van der Waals surface area contributed by atoms with E-state index in [-0.39, 0.29) is 11.8 Å². The van der Waals surface area contributed by atoms with Crippen LogP contribution in [0.25, 0.3) is 0 Å². The lowest BCUT2D eigenvalue weighted by atomic mass is 10.1. The average Bonchev–Trinajstić information content (AvgIpc) is 2.71. The fourth-order valence-corrected chi connectivity index (χ4v) is 2.14. The standard InChI is InChI=1S/C11H16F3N5/c1-19-3-2-7(6-19)5-16-9-4-8(11(12,13)14)17-10(15)18-9/h4,7H,2-3,5-6H2,1H3,(H3,15,16,17,18). The Hall–Kier alpha value is -1.57. The van der Waals surface area contributed by atoms with Crippen LogP contribution < -0.4 is 11.1 Å². The number of nitrogens with one attached hydrogen (secondary N) is 1. The smallest absolute Gasteiger partial charge is 0.370 e. The SMILES string of the molecule is CN1CCC(CNc2cc(C(F)(F)F)nc(N)n2)C1. The summed E-state index contributed by atoms with van der Waals surface area (Å²) in [5, 5.41) is 2.90. The monoisotopic (exact) mass is 275 g/mol. The summed E-state index contributed by atoms with van der Waals surface area (Å²) in [7, 11) is 2.02. The minimum absolute atomic E-state index is 0.120. The molecule has 1 saturated heterocycles. The minimum Gasteiger partial charge on any atom is -0.370 e.